The van der Waals surface area contributed by atoms with Gasteiger partial charge < -0.3 is 14.4 Å². The van der Waals surface area contributed by atoms with Crippen LogP contribution >= 0.6 is 0 Å². The maximum atomic E-state index is 12.2. The van der Waals surface area contributed by atoms with E-state index in [0.717, 1.165) is 19.3 Å². The first kappa shape index (κ1) is 18.6. The van der Waals surface area contributed by atoms with Gasteiger partial charge in [-0.1, -0.05) is 32.9 Å². The van der Waals surface area contributed by atoms with Crippen LogP contribution in [0.4, 0.5) is 4.79 Å². The van der Waals surface area contributed by atoms with Crippen molar-refractivity contribution in [1.29, 1.82) is 0 Å². The largest absolute Gasteiger partial charge is 0.463 e. The Bertz CT molecular complexity index is 536. The molecule has 3 atom stereocenters. The van der Waals surface area contributed by atoms with E-state index in [1.165, 1.54) is 6.26 Å². The molecule has 2 aliphatic rings. The molecule has 5 heteroatoms. The van der Waals surface area contributed by atoms with E-state index in [0.29, 0.717) is 25.3 Å². The smallest absolute Gasteiger partial charge is 0.414 e. The second-order valence-electron chi connectivity index (χ2n) is 7.62. The minimum atomic E-state index is -0.339. The Labute approximate surface area is 144 Å². The summed E-state index contributed by atoms with van der Waals surface area (Å²) in [6.07, 6.45) is 6.11. The first-order valence-corrected chi connectivity index (χ1v) is 8.68. The average Bonchev–Trinajstić information content (AvgIpc) is 2.49. The highest BCUT2D eigenvalue weighted by atomic mass is 16.5. The molecular weight excluding hydrogens is 306 g/mol. The SMILES string of the molecule is C=COC(=O)N1C[C@]2(C)CCC[C@](C)(C1)C2C=C(C)C(=O)OCC. The molecule has 1 unspecified atom stereocenters. The van der Waals surface area contributed by atoms with Crippen molar-refractivity contribution in [3.05, 3.63) is 24.5 Å². The highest BCUT2D eigenvalue weighted by Gasteiger charge is 2.54. The minimum Gasteiger partial charge on any atom is -0.463 e. The number of ether oxygens (including phenoxy) is 2. The number of hydrogen-bond acceptors (Lipinski definition) is 4. The van der Waals surface area contributed by atoms with Crippen LogP contribution in [0.3, 0.4) is 0 Å². The summed E-state index contributed by atoms with van der Waals surface area (Å²) in [5.74, 6) is -0.0211. The summed E-state index contributed by atoms with van der Waals surface area (Å²) in [7, 11) is 0. The molecule has 1 aliphatic heterocycles. The number of esters is 1. The highest BCUT2D eigenvalue weighted by molar-refractivity contribution is 5.87. The summed E-state index contributed by atoms with van der Waals surface area (Å²) in [5.41, 5.74) is 0.515. The zero-order chi connectivity index (χ0) is 18.0. The molecule has 1 heterocycles. The maximum Gasteiger partial charge on any atom is 0.414 e. The van der Waals surface area contributed by atoms with Crippen LogP contribution in [0.15, 0.2) is 24.5 Å². The predicted molar refractivity (Wildman–Crippen MR) is 92.2 cm³/mol. The second-order valence-corrected chi connectivity index (χ2v) is 7.62. The number of rotatable bonds is 4. The quantitative estimate of drug-likeness (QED) is 0.444. The number of allylic oxidation sites excluding steroid dienone is 1. The summed E-state index contributed by atoms with van der Waals surface area (Å²) in [5, 5.41) is 0. The normalized spacial score (nSPS) is 32.9. The monoisotopic (exact) mass is 335 g/mol. The van der Waals surface area contributed by atoms with E-state index in [2.05, 4.69) is 26.5 Å². The fraction of sp³-hybridized carbons (Fsp3) is 0.684. The van der Waals surface area contributed by atoms with E-state index in [9.17, 15) is 9.59 Å². The molecule has 0 radical (unpaired) electrons. The molecule has 1 saturated carbocycles. The third-order valence-electron chi connectivity index (χ3n) is 5.56. The van der Waals surface area contributed by atoms with E-state index < -0.39 is 0 Å². The van der Waals surface area contributed by atoms with Crippen molar-refractivity contribution in [2.45, 2.75) is 47.0 Å². The van der Waals surface area contributed by atoms with Crippen LogP contribution in [0.5, 0.6) is 0 Å². The van der Waals surface area contributed by atoms with Crippen molar-refractivity contribution in [2.75, 3.05) is 19.7 Å². The average molecular weight is 335 g/mol. The molecule has 24 heavy (non-hydrogen) atoms. The molecule has 0 aromatic rings. The zero-order valence-corrected chi connectivity index (χ0v) is 15.3. The lowest BCUT2D eigenvalue weighted by molar-refractivity contribution is -0.138. The van der Waals surface area contributed by atoms with Gasteiger partial charge in [0.25, 0.3) is 0 Å². The molecule has 0 aromatic carbocycles. The predicted octanol–water partition coefficient (Wildman–Crippen LogP) is 3.90. The summed E-state index contributed by atoms with van der Waals surface area (Å²) in [6, 6.07) is 0. The Kier molecular flexibility index (Phi) is 5.41. The first-order valence-electron chi connectivity index (χ1n) is 8.68. The Morgan fingerprint density at radius 1 is 1.25 bits per heavy atom. The zero-order valence-electron chi connectivity index (χ0n) is 15.3. The second kappa shape index (κ2) is 6.99. The summed E-state index contributed by atoms with van der Waals surface area (Å²) in [6.45, 7) is 13.1. The van der Waals surface area contributed by atoms with Crippen LogP contribution in [0.2, 0.25) is 0 Å². The van der Waals surface area contributed by atoms with Gasteiger partial charge in [0.1, 0.15) is 0 Å². The Morgan fingerprint density at radius 3 is 2.33 bits per heavy atom. The molecular formula is C19H29NO4. The number of likely N-dealkylation sites (tertiary alicyclic amines) is 1. The van der Waals surface area contributed by atoms with Crippen LogP contribution in [-0.2, 0) is 14.3 Å². The van der Waals surface area contributed by atoms with Gasteiger partial charge in [0.2, 0.25) is 0 Å². The number of piperidine rings is 1. The number of amides is 1. The molecule has 0 spiro atoms. The Balaban J connectivity index is 2.30. The van der Waals surface area contributed by atoms with E-state index in [-0.39, 0.29) is 28.8 Å². The van der Waals surface area contributed by atoms with Gasteiger partial charge in [0.15, 0.2) is 0 Å². The minimum absolute atomic E-state index is 0.0702. The molecule has 2 bridgehead atoms. The number of fused-ring (bicyclic) bond motifs is 2. The fourth-order valence-corrected chi connectivity index (χ4v) is 4.57. The highest BCUT2D eigenvalue weighted by Crippen LogP contribution is 2.56. The fourth-order valence-electron chi connectivity index (χ4n) is 4.57. The number of hydrogen-bond donors (Lipinski definition) is 0. The molecule has 2 fully saturated rings. The maximum absolute atomic E-state index is 12.2. The van der Waals surface area contributed by atoms with Gasteiger partial charge in [0.05, 0.1) is 12.9 Å². The lowest BCUT2D eigenvalue weighted by Crippen LogP contribution is -2.60. The topological polar surface area (TPSA) is 55.8 Å². The third-order valence-corrected chi connectivity index (χ3v) is 5.56. The molecule has 1 amide bonds. The molecule has 1 aliphatic carbocycles. The van der Waals surface area contributed by atoms with Crippen molar-refractivity contribution in [3.8, 4) is 0 Å². The van der Waals surface area contributed by atoms with Gasteiger partial charge in [-0.15, -0.1) is 0 Å². The van der Waals surface area contributed by atoms with Gasteiger partial charge in [-0.25, -0.2) is 9.59 Å². The van der Waals surface area contributed by atoms with E-state index in [4.69, 9.17) is 9.47 Å². The molecule has 1 saturated heterocycles. The molecule has 0 aromatic heterocycles. The van der Waals surface area contributed by atoms with Gasteiger partial charge in [-0.3, -0.25) is 0 Å². The molecule has 134 valence electrons. The third kappa shape index (κ3) is 3.50. The molecule has 5 nitrogen and oxygen atoms in total. The van der Waals surface area contributed by atoms with E-state index >= 15 is 0 Å². The van der Waals surface area contributed by atoms with E-state index in [1.54, 1.807) is 4.90 Å². The van der Waals surface area contributed by atoms with Gasteiger partial charge in [0, 0.05) is 18.7 Å². The number of carbonyl (C=O) groups excluding carboxylic acids is 2. The van der Waals surface area contributed by atoms with Gasteiger partial charge in [-0.2, -0.15) is 0 Å². The summed E-state index contributed by atoms with van der Waals surface area (Å²) in [4.78, 5) is 26.0. The standard InChI is InChI=1S/C19H29NO4/c1-6-23-16(21)14(3)11-15-18(4)9-8-10-19(15,5)13-20(12-18)17(22)24-7-2/h7,11,15H,2,6,8-10,12-13H2,1,3-5H3/t15?,18-,19+. The molecule has 2 rings (SSSR count). The van der Waals surface area contributed by atoms with Crippen LogP contribution < -0.4 is 0 Å². The van der Waals surface area contributed by atoms with Crippen molar-refractivity contribution in [2.24, 2.45) is 16.7 Å². The molecule has 0 N–H and O–H groups in total. The number of carbonyl (C=O) groups is 2. The lowest BCUT2D eigenvalue weighted by Gasteiger charge is -2.58. The van der Waals surface area contributed by atoms with Crippen LogP contribution in [0, 0.1) is 16.7 Å². The Morgan fingerprint density at radius 2 is 1.83 bits per heavy atom. The lowest BCUT2D eigenvalue weighted by atomic mass is 9.53. The number of nitrogens with zero attached hydrogens (tertiary/aromatic N) is 1. The van der Waals surface area contributed by atoms with E-state index in [1.807, 2.05) is 13.8 Å². The Hall–Kier alpha value is -1.78. The van der Waals surface area contributed by atoms with Crippen molar-refractivity contribution < 1.29 is 19.1 Å². The van der Waals surface area contributed by atoms with Crippen molar-refractivity contribution >= 4 is 12.1 Å². The van der Waals surface area contributed by atoms with Gasteiger partial charge in [-0.05, 0) is 43.4 Å². The van der Waals surface area contributed by atoms with Crippen molar-refractivity contribution in [3.63, 3.8) is 0 Å². The van der Waals surface area contributed by atoms with Gasteiger partial charge >= 0.3 is 12.1 Å². The van der Waals surface area contributed by atoms with Crippen LogP contribution in [0.25, 0.3) is 0 Å². The first-order chi connectivity index (χ1) is 11.3. The summed E-state index contributed by atoms with van der Waals surface area (Å²) >= 11 is 0. The van der Waals surface area contributed by atoms with Crippen molar-refractivity contribution in [1.82, 2.24) is 4.90 Å². The summed E-state index contributed by atoms with van der Waals surface area (Å²) < 4.78 is 10.1. The van der Waals surface area contributed by atoms with Crippen LogP contribution in [-0.4, -0.2) is 36.7 Å². The van der Waals surface area contributed by atoms with Crippen LogP contribution in [0.1, 0.15) is 47.0 Å².